The van der Waals surface area contributed by atoms with Crippen LogP contribution in [0.2, 0.25) is 0 Å². The Kier molecular flexibility index (Phi) is 17.3. The SMILES string of the molecule is CC(O)OC(=O)CNCC(=O)O.[H-].[H-].[Na+].[Na+]. The second-order valence-corrected chi connectivity index (χ2v) is 2.09. The molecule has 74 valence electrons. The molecule has 1 unspecified atom stereocenters. The van der Waals surface area contributed by atoms with Gasteiger partial charge in [-0.3, -0.25) is 14.9 Å². The fourth-order valence-corrected chi connectivity index (χ4v) is 0.503. The number of ether oxygens (including phenoxy) is 1. The molecule has 6 nitrogen and oxygen atoms in total. The van der Waals surface area contributed by atoms with Crippen molar-refractivity contribution in [2.45, 2.75) is 13.2 Å². The van der Waals surface area contributed by atoms with Gasteiger partial charge in [-0.1, -0.05) is 0 Å². The van der Waals surface area contributed by atoms with Crippen molar-refractivity contribution < 1.29 is 86.5 Å². The molecule has 3 N–H and O–H groups in total. The third-order valence-corrected chi connectivity index (χ3v) is 0.848. The summed E-state index contributed by atoms with van der Waals surface area (Å²) in [5, 5.41) is 19.0. The Hall–Kier alpha value is 0.860. The molecule has 0 rings (SSSR count). The normalized spacial score (nSPS) is 10.4. The molecule has 0 amide bonds. The molecular weight excluding hydrogens is 212 g/mol. The predicted molar refractivity (Wildman–Crippen MR) is 40.5 cm³/mol. The van der Waals surface area contributed by atoms with E-state index >= 15 is 0 Å². The molecule has 0 spiro atoms. The van der Waals surface area contributed by atoms with Crippen LogP contribution in [-0.4, -0.2) is 41.5 Å². The monoisotopic (exact) mass is 225 g/mol. The van der Waals surface area contributed by atoms with E-state index in [0.29, 0.717) is 0 Å². The summed E-state index contributed by atoms with van der Waals surface area (Å²) in [6.45, 7) is 0.751. The number of rotatable bonds is 5. The van der Waals surface area contributed by atoms with Crippen LogP contribution >= 0.6 is 0 Å². The van der Waals surface area contributed by atoms with E-state index in [-0.39, 0.29) is 75.1 Å². The Labute approximate surface area is 129 Å². The van der Waals surface area contributed by atoms with Gasteiger partial charge in [0.25, 0.3) is 0 Å². The maximum Gasteiger partial charge on any atom is 1.00 e. The van der Waals surface area contributed by atoms with E-state index in [2.05, 4.69) is 10.1 Å². The van der Waals surface area contributed by atoms with Gasteiger partial charge in [-0.25, -0.2) is 0 Å². The van der Waals surface area contributed by atoms with Crippen LogP contribution in [0.15, 0.2) is 0 Å². The van der Waals surface area contributed by atoms with Crippen molar-refractivity contribution in [2.24, 2.45) is 0 Å². The van der Waals surface area contributed by atoms with Crippen LogP contribution in [0.25, 0.3) is 0 Å². The van der Waals surface area contributed by atoms with Crippen LogP contribution in [0.1, 0.15) is 9.78 Å². The summed E-state index contributed by atoms with van der Waals surface area (Å²) >= 11 is 0. The second-order valence-electron chi connectivity index (χ2n) is 2.09. The number of hydrogen-bond acceptors (Lipinski definition) is 5. The molecule has 0 aliphatic rings. The molecule has 0 aliphatic carbocycles. The summed E-state index contributed by atoms with van der Waals surface area (Å²) in [6.07, 6.45) is -1.16. The quantitative estimate of drug-likeness (QED) is 0.244. The first-order valence-electron chi connectivity index (χ1n) is 3.32. The number of esters is 1. The van der Waals surface area contributed by atoms with Crippen molar-refractivity contribution in [3.8, 4) is 0 Å². The molecule has 0 fully saturated rings. The average Bonchev–Trinajstić information content (AvgIpc) is 1.84. The summed E-state index contributed by atoms with van der Waals surface area (Å²) < 4.78 is 4.29. The minimum atomic E-state index is -1.16. The number of carboxylic acids is 1. The molecule has 0 bridgehead atoms. The van der Waals surface area contributed by atoms with Gasteiger partial charge in [0.05, 0.1) is 13.1 Å². The van der Waals surface area contributed by atoms with Crippen molar-refractivity contribution in [2.75, 3.05) is 13.1 Å². The van der Waals surface area contributed by atoms with Crippen LogP contribution in [0.5, 0.6) is 0 Å². The van der Waals surface area contributed by atoms with Gasteiger partial charge >= 0.3 is 71.1 Å². The number of hydrogen-bond donors (Lipinski definition) is 3. The summed E-state index contributed by atoms with van der Waals surface area (Å²) in [5.74, 6) is -1.74. The summed E-state index contributed by atoms with van der Waals surface area (Å²) in [4.78, 5) is 20.5. The molecule has 0 aliphatic heterocycles. The Morgan fingerprint density at radius 2 is 1.93 bits per heavy atom. The van der Waals surface area contributed by atoms with Crippen molar-refractivity contribution in [1.82, 2.24) is 5.32 Å². The molecule has 0 aromatic carbocycles. The van der Waals surface area contributed by atoms with Crippen LogP contribution < -0.4 is 64.4 Å². The maximum absolute atomic E-state index is 10.6. The molecule has 0 heterocycles. The maximum atomic E-state index is 10.6. The summed E-state index contributed by atoms with van der Waals surface area (Å²) in [5.41, 5.74) is 0. The zero-order valence-electron chi connectivity index (χ0n) is 10.6. The first-order chi connectivity index (χ1) is 5.52. The molecule has 0 aromatic heterocycles. The number of aliphatic carboxylic acids is 1. The van der Waals surface area contributed by atoms with E-state index in [0.717, 1.165) is 0 Å². The zero-order valence-corrected chi connectivity index (χ0v) is 12.6. The van der Waals surface area contributed by atoms with Gasteiger partial charge in [-0.2, -0.15) is 0 Å². The van der Waals surface area contributed by atoms with E-state index < -0.39 is 18.2 Å². The third-order valence-electron chi connectivity index (χ3n) is 0.848. The molecule has 14 heavy (non-hydrogen) atoms. The van der Waals surface area contributed by atoms with E-state index in [9.17, 15) is 9.59 Å². The van der Waals surface area contributed by atoms with E-state index in [4.69, 9.17) is 10.2 Å². The molecular formula is C6H13NNa2O5. The fourth-order valence-electron chi connectivity index (χ4n) is 0.503. The number of carbonyl (C=O) groups is 2. The number of carboxylic acid groups (broad SMARTS) is 1. The van der Waals surface area contributed by atoms with Crippen LogP contribution in [-0.2, 0) is 14.3 Å². The van der Waals surface area contributed by atoms with Crippen molar-refractivity contribution in [1.29, 1.82) is 0 Å². The molecule has 1 atom stereocenters. The first-order valence-corrected chi connectivity index (χ1v) is 3.32. The van der Waals surface area contributed by atoms with Crippen LogP contribution in [0, 0.1) is 0 Å². The van der Waals surface area contributed by atoms with Gasteiger partial charge in [-0.05, 0) is 6.92 Å². The standard InChI is InChI=1S/C6H11NO5.2Na.2H/c1-4(8)12-6(11)3-7-2-5(9)10;;;;/h4,7-8H,2-3H2,1H3,(H,9,10);;;;/q;2*+1;2*-1. The van der Waals surface area contributed by atoms with Crippen LogP contribution in [0.3, 0.4) is 0 Å². The molecule has 0 aromatic rings. The van der Waals surface area contributed by atoms with Crippen LogP contribution in [0.4, 0.5) is 0 Å². The summed E-state index contributed by atoms with van der Waals surface area (Å²) in [7, 11) is 0. The Morgan fingerprint density at radius 1 is 1.43 bits per heavy atom. The minimum Gasteiger partial charge on any atom is -1.00 e. The Balaban J connectivity index is -0.000000101. The van der Waals surface area contributed by atoms with Crippen molar-refractivity contribution >= 4 is 11.9 Å². The molecule has 0 saturated carbocycles. The number of nitrogens with one attached hydrogen (secondary N) is 1. The van der Waals surface area contributed by atoms with Crippen molar-refractivity contribution in [3.63, 3.8) is 0 Å². The second kappa shape index (κ2) is 11.9. The average molecular weight is 225 g/mol. The van der Waals surface area contributed by atoms with E-state index in [1.165, 1.54) is 6.92 Å². The van der Waals surface area contributed by atoms with E-state index in [1.54, 1.807) is 0 Å². The van der Waals surface area contributed by atoms with E-state index in [1.807, 2.05) is 0 Å². The fraction of sp³-hybridized carbons (Fsp3) is 0.667. The molecule has 8 heteroatoms. The molecule has 0 radical (unpaired) electrons. The van der Waals surface area contributed by atoms with Gasteiger partial charge in [-0.15, -0.1) is 0 Å². The van der Waals surface area contributed by atoms with Gasteiger partial charge < -0.3 is 17.8 Å². The number of aliphatic hydroxyl groups is 1. The largest absolute Gasteiger partial charge is 1.00 e. The van der Waals surface area contributed by atoms with Gasteiger partial charge in [0.15, 0.2) is 6.29 Å². The Morgan fingerprint density at radius 3 is 2.29 bits per heavy atom. The third kappa shape index (κ3) is 15.3. The minimum absolute atomic E-state index is 0. The van der Waals surface area contributed by atoms with Crippen molar-refractivity contribution in [3.05, 3.63) is 0 Å². The topological polar surface area (TPSA) is 95.9 Å². The van der Waals surface area contributed by atoms with Gasteiger partial charge in [0.1, 0.15) is 0 Å². The number of aliphatic hydroxyl groups excluding tert-OH is 1. The number of carbonyl (C=O) groups excluding carboxylic acids is 1. The first kappa shape index (κ1) is 20.3. The smallest absolute Gasteiger partial charge is 1.00 e. The zero-order chi connectivity index (χ0) is 9.56. The molecule has 0 saturated heterocycles. The predicted octanol–water partition coefficient (Wildman–Crippen LogP) is -7.22. The van der Waals surface area contributed by atoms with Gasteiger partial charge in [0.2, 0.25) is 0 Å². The van der Waals surface area contributed by atoms with Gasteiger partial charge in [0, 0.05) is 0 Å². The summed E-state index contributed by atoms with van der Waals surface area (Å²) in [6, 6.07) is 0. The Bertz CT molecular complexity index is 184.